The Balaban J connectivity index is 1.80. The predicted octanol–water partition coefficient (Wildman–Crippen LogP) is 3.22. The van der Waals surface area contributed by atoms with E-state index in [2.05, 4.69) is 9.97 Å². The highest BCUT2D eigenvalue weighted by atomic mass is 16.6. The molecule has 2 N–H and O–H groups in total. The van der Waals surface area contributed by atoms with E-state index in [9.17, 15) is 0 Å². The molecule has 28 heavy (non-hydrogen) atoms. The van der Waals surface area contributed by atoms with Crippen LogP contribution in [0.2, 0.25) is 0 Å². The van der Waals surface area contributed by atoms with Crippen LogP contribution in [-0.4, -0.2) is 32.3 Å². The van der Waals surface area contributed by atoms with Crippen molar-refractivity contribution >= 4 is 7.32 Å². The molecule has 2 heterocycles. The van der Waals surface area contributed by atoms with Gasteiger partial charge in [-0.3, -0.25) is 4.98 Å². The molecule has 0 saturated carbocycles. The molecule has 4 rings (SSSR count). The van der Waals surface area contributed by atoms with Gasteiger partial charge in [-0.25, -0.2) is 9.97 Å². The number of nitrogens with zero attached hydrogens (tertiary/aromatic N) is 3. The van der Waals surface area contributed by atoms with E-state index in [4.69, 9.17) is 19.7 Å². The molecule has 0 atom stereocenters. The predicted molar refractivity (Wildman–Crippen MR) is 107 cm³/mol. The summed E-state index contributed by atoms with van der Waals surface area (Å²) in [4.78, 5) is 13.8. The van der Waals surface area contributed by atoms with Crippen LogP contribution in [-0.2, 0) is 0 Å². The number of aromatic nitrogens is 3. The highest BCUT2D eigenvalue weighted by molar-refractivity contribution is 6.33. The van der Waals surface area contributed by atoms with E-state index in [-0.39, 0.29) is 0 Å². The first-order valence-electron chi connectivity index (χ1n) is 8.68. The van der Waals surface area contributed by atoms with E-state index in [1.165, 1.54) is 0 Å². The summed E-state index contributed by atoms with van der Waals surface area (Å²) < 4.78 is 4.85. The summed E-state index contributed by atoms with van der Waals surface area (Å²) >= 11 is 0. The minimum absolute atomic E-state index is 0.336. The molecule has 2 aromatic carbocycles. The molecule has 0 saturated heterocycles. The van der Waals surface area contributed by atoms with E-state index < -0.39 is 7.32 Å². The van der Waals surface area contributed by atoms with E-state index in [0.717, 1.165) is 28.2 Å². The number of hydrogen-bond donors (Lipinski definition) is 2. The first-order valence-corrected chi connectivity index (χ1v) is 8.68. The third kappa shape index (κ3) is 4.06. The van der Waals surface area contributed by atoms with Crippen molar-refractivity contribution in [3.63, 3.8) is 0 Å². The minimum Gasteiger partial charge on any atom is -0.512 e. The molecule has 0 aliphatic heterocycles. The fraction of sp³-hybridized carbons (Fsp3) is 0. The maximum absolute atomic E-state index is 8.92. The standard InChI is InChI=1S/C21H16BN3O3/c26-22(27)28-17-11-9-16(10-12-17)21-24-19(15-6-2-1-3-7-15)14-20(25-21)18-8-4-5-13-23-18/h1-14,26-27H. The van der Waals surface area contributed by atoms with E-state index in [0.29, 0.717) is 11.6 Å². The van der Waals surface area contributed by atoms with Crippen LogP contribution in [0.3, 0.4) is 0 Å². The van der Waals surface area contributed by atoms with E-state index in [1.54, 1.807) is 30.5 Å². The van der Waals surface area contributed by atoms with Crippen molar-refractivity contribution < 1.29 is 14.7 Å². The van der Waals surface area contributed by atoms with Crippen molar-refractivity contribution in [3.05, 3.63) is 85.1 Å². The first kappa shape index (κ1) is 17.8. The van der Waals surface area contributed by atoms with Crippen LogP contribution >= 0.6 is 0 Å². The van der Waals surface area contributed by atoms with Crippen LogP contribution in [0, 0.1) is 0 Å². The van der Waals surface area contributed by atoms with Crippen molar-refractivity contribution in [1.29, 1.82) is 0 Å². The molecule has 0 aliphatic rings. The molecule has 136 valence electrons. The van der Waals surface area contributed by atoms with Crippen LogP contribution in [0.15, 0.2) is 85.1 Å². The fourth-order valence-electron chi connectivity index (χ4n) is 2.78. The Morgan fingerprint density at radius 3 is 2.07 bits per heavy atom. The molecule has 0 radical (unpaired) electrons. The lowest BCUT2D eigenvalue weighted by Gasteiger charge is -2.09. The molecule has 0 unspecified atom stereocenters. The summed E-state index contributed by atoms with van der Waals surface area (Å²) in [6, 6.07) is 24.3. The normalized spacial score (nSPS) is 10.5. The quantitative estimate of drug-likeness (QED) is 0.525. The van der Waals surface area contributed by atoms with Gasteiger partial charge in [0.2, 0.25) is 0 Å². The lowest BCUT2D eigenvalue weighted by atomic mass is 10.1. The number of rotatable bonds is 5. The second kappa shape index (κ2) is 8.00. The number of benzene rings is 2. The lowest BCUT2D eigenvalue weighted by molar-refractivity contribution is 0.288. The number of pyridine rings is 1. The molecule has 0 fully saturated rings. The maximum atomic E-state index is 8.92. The summed E-state index contributed by atoms with van der Waals surface area (Å²) in [7, 11) is -1.86. The highest BCUT2D eigenvalue weighted by Crippen LogP contribution is 2.27. The molecular formula is C21H16BN3O3. The van der Waals surface area contributed by atoms with E-state index in [1.807, 2.05) is 54.6 Å². The van der Waals surface area contributed by atoms with Crippen molar-refractivity contribution in [2.24, 2.45) is 0 Å². The molecule has 6 nitrogen and oxygen atoms in total. The Morgan fingerprint density at radius 2 is 1.39 bits per heavy atom. The van der Waals surface area contributed by atoms with Crippen LogP contribution in [0.4, 0.5) is 0 Å². The zero-order chi connectivity index (χ0) is 19.3. The summed E-state index contributed by atoms with van der Waals surface area (Å²) in [5.41, 5.74) is 4.01. The molecule has 0 aliphatic carbocycles. The maximum Gasteiger partial charge on any atom is 0.707 e. The Morgan fingerprint density at radius 1 is 0.679 bits per heavy atom. The van der Waals surface area contributed by atoms with Gasteiger partial charge >= 0.3 is 7.32 Å². The largest absolute Gasteiger partial charge is 0.707 e. The van der Waals surface area contributed by atoms with Crippen LogP contribution < -0.4 is 4.65 Å². The Kier molecular flexibility index (Phi) is 5.10. The summed E-state index contributed by atoms with van der Waals surface area (Å²) in [6.07, 6.45) is 1.73. The van der Waals surface area contributed by atoms with Crippen LogP contribution in [0.1, 0.15) is 0 Å². The van der Waals surface area contributed by atoms with Crippen molar-refractivity contribution in [1.82, 2.24) is 15.0 Å². The SMILES string of the molecule is OB(O)Oc1ccc(-c2nc(-c3ccccc3)cc(-c3ccccn3)n2)cc1. The Hall–Kier alpha value is -3.55. The Bertz CT molecular complexity index is 1000. The average molecular weight is 369 g/mol. The molecule has 0 amide bonds. The van der Waals surface area contributed by atoms with Gasteiger partial charge in [-0.15, -0.1) is 0 Å². The molecule has 7 heteroatoms. The van der Waals surface area contributed by atoms with Gasteiger partial charge < -0.3 is 14.7 Å². The zero-order valence-corrected chi connectivity index (χ0v) is 14.8. The van der Waals surface area contributed by atoms with Gasteiger partial charge in [0.15, 0.2) is 5.82 Å². The topological polar surface area (TPSA) is 88.4 Å². The Labute approximate surface area is 162 Å². The van der Waals surface area contributed by atoms with Crippen molar-refractivity contribution in [2.45, 2.75) is 0 Å². The van der Waals surface area contributed by atoms with Crippen molar-refractivity contribution in [2.75, 3.05) is 0 Å². The van der Waals surface area contributed by atoms with Gasteiger partial charge in [0.1, 0.15) is 5.75 Å². The van der Waals surface area contributed by atoms with E-state index >= 15 is 0 Å². The highest BCUT2D eigenvalue weighted by Gasteiger charge is 2.13. The third-order valence-electron chi connectivity index (χ3n) is 4.08. The molecular weight excluding hydrogens is 353 g/mol. The number of hydrogen-bond acceptors (Lipinski definition) is 6. The van der Waals surface area contributed by atoms with Crippen LogP contribution in [0.5, 0.6) is 5.75 Å². The molecule has 0 spiro atoms. The third-order valence-corrected chi connectivity index (χ3v) is 4.08. The second-order valence-electron chi connectivity index (χ2n) is 6.01. The molecule has 0 bridgehead atoms. The fourth-order valence-corrected chi connectivity index (χ4v) is 2.78. The first-order chi connectivity index (χ1) is 13.7. The van der Waals surface area contributed by atoms with Gasteiger partial charge in [0, 0.05) is 17.3 Å². The second-order valence-corrected chi connectivity index (χ2v) is 6.01. The monoisotopic (exact) mass is 369 g/mol. The summed E-state index contributed by atoms with van der Waals surface area (Å²) in [5, 5.41) is 17.8. The van der Waals surface area contributed by atoms with Gasteiger partial charge in [0.25, 0.3) is 0 Å². The lowest BCUT2D eigenvalue weighted by Crippen LogP contribution is -2.20. The van der Waals surface area contributed by atoms with Crippen LogP contribution in [0.25, 0.3) is 34.0 Å². The summed E-state index contributed by atoms with van der Waals surface area (Å²) in [6.45, 7) is 0. The molecule has 4 aromatic rings. The van der Waals surface area contributed by atoms with Gasteiger partial charge in [-0.05, 0) is 42.5 Å². The van der Waals surface area contributed by atoms with Gasteiger partial charge in [0.05, 0.1) is 17.1 Å². The average Bonchev–Trinajstić information content (AvgIpc) is 2.75. The summed E-state index contributed by atoms with van der Waals surface area (Å²) in [5.74, 6) is 0.876. The minimum atomic E-state index is -1.86. The molecule has 2 aromatic heterocycles. The van der Waals surface area contributed by atoms with Gasteiger partial charge in [-0.2, -0.15) is 0 Å². The smallest absolute Gasteiger partial charge is 0.512 e. The zero-order valence-electron chi connectivity index (χ0n) is 14.8. The van der Waals surface area contributed by atoms with Gasteiger partial charge in [-0.1, -0.05) is 36.4 Å². The van der Waals surface area contributed by atoms with Crippen molar-refractivity contribution in [3.8, 4) is 39.8 Å².